The molecule has 0 unspecified atom stereocenters. The van der Waals surface area contributed by atoms with E-state index in [1.807, 2.05) is 66.7 Å². The van der Waals surface area contributed by atoms with Crippen molar-refractivity contribution in [3.8, 4) is 11.5 Å². The van der Waals surface area contributed by atoms with Gasteiger partial charge in [-0.25, -0.2) is 14.4 Å². The average Bonchev–Trinajstić information content (AvgIpc) is 2.88. The molecule has 7 nitrogen and oxygen atoms in total. The quantitative estimate of drug-likeness (QED) is 0.420. The number of rotatable bonds is 6. The van der Waals surface area contributed by atoms with Crippen molar-refractivity contribution in [2.75, 3.05) is 47.0 Å². The van der Waals surface area contributed by atoms with Gasteiger partial charge in [-0.1, -0.05) is 18.2 Å². The van der Waals surface area contributed by atoms with Crippen molar-refractivity contribution >= 4 is 28.7 Å². The van der Waals surface area contributed by atoms with Crippen molar-refractivity contribution in [1.29, 1.82) is 0 Å². The monoisotopic (exact) mass is 456 g/mol. The standard InChI is InChI=1S/C26H25FN6O/c27-19-6-10-21(11-7-19)32-14-16-33(17-15-32)26-24(28)25(29-18-30-26)31-20-8-12-23(13-9-20)34-22-4-2-1-3-5-22/h1-13,18H,14-17,28H2,(H,29,30,31). The van der Waals surface area contributed by atoms with E-state index >= 15 is 0 Å². The first kappa shape index (κ1) is 21.5. The third kappa shape index (κ3) is 4.85. The van der Waals surface area contributed by atoms with Crippen LogP contribution in [-0.4, -0.2) is 36.1 Å². The summed E-state index contributed by atoms with van der Waals surface area (Å²) in [7, 11) is 0. The zero-order valence-corrected chi connectivity index (χ0v) is 18.6. The number of hydrogen-bond acceptors (Lipinski definition) is 7. The molecule has 1 aromatic heterocycles. The molecule has 34 heavy (non-hydrogen) atoms. The van der Waals surface area contributed by atoms with Gasteiger partial charge >= 0.3 is 0 Å². The Hall–Kier alpha value is -4.33. The predicted molar refractivity (Wildman–Crippen MR) is 134 cm³/mol. The highest BCUT2D eigenvalue weighted by molar-refractivity contribution is 5.78. The van der Waals surface area contributed by atoms with Crippen LogP contribution in [0.4, 0.5) is 33.1 Å². The zero-order valence-electron chi connectivity index (χ0n) is 18.6. The van der Waals surface area contributed by atoms with E-state index < -0.39 is 0 Å². The number of nitrogens with one attached hydrogen (secondary N) is 1. The molecule has 1 aliphatic rings. The van der Waals surface area contributed by atoms with E-state index in [0.717, 1.165) is 49.1 Å². The molecular weight excluding hydrogens is 431 g/mol. The lowest BCUT2D eigenvalue weighted by Crippen LogP contribution is -2.47. The average molecular weight is 457 g/mol. The first-order valence-corrected chi connectivity index (χ1v) is 11.1. The van der Waals surface area contributed by atoms with Gasteiger partial charge in [-0.3, -0.25) is 0 Å². The van der Waals surface area contributed by atoms with Gasteiger partial charge in [0.15, 0.2) is 11.6 Å². The molecule has 0 radical (unpaired) electrons. The first-order valence-electron chi connectivity index (χ1n) is 11.1. The smallest absolute Gasteiger partial charge is 0.159 e. The summed E-state index contributed by atoms with van der Waals surface area (Å²) in [5.74, 6) is 2.57. The zero-order chi connectivity index (χ0) is 23.3. The first-order chi connectivity index (χ1) is 16.7. The van der Waals surface area contributed by atoms with Crippen LogP contribution in [0.15, 0.2) is 85.2 Å². The molecule has 4 aromatic rings. The van der Waals surface area contributed by atoms with Gasteiger partial charge < -0.3 is 25.6 Å². The Balaban J connectivity index is 1.24. The molecule has 0 spiro atoms. The van der Waals surface area contributed by atoms with Crippen LogP contribution < -0.4 is 25.6 Å². The number of nitrogens with zero attached hydrogens (tertiary/aromatic N) is 4. The molecule has 0 atom stereocenters. The van der Waals surface area contributed by atoms with Crippen LogP contribution >= 0.6 is 0 Å². The SMILES string of the molecule is Nc1c(Nc2ccc(Oc3ccccc3)cc2)ncnc1N1CCN(c2ccc(F)cc2)CC1. The van der Waals surface area contributed by atoms with E-state index in [9.17, 15) is 4.39 Å². The number of nitrogen functional groups attached to an aromatic ring is 1. The number of hydrogen-bond donors (Lipinski definition) is 2. The summed E-state index contributed by atoms with van der Waals surface area (Å²) < 4.78 is 19.1. The van der Waals surface area contributed by atoms with Crippen molar-refractivity contribution in [2.24, 2.45) is 0 Å². The lowest BCUT2D eigenvalue weighted by molar-refractivity contribution is 0.483. The highest BCUT2D eigenvalue weighted by Crippen LogP contribution is 2.31. The second-order valence-corrected chi connectivity index (χ2v) is 7.97. The number of ether oxygens (including phenoxy) is 1. The van der Waals surface area contributed by atoms with Gasteiger partial charge in [-0.2, -0.15) is 0 Å². The van der Waals surface area contributed by atoms with Gasteiger partial charge in [0.05, 0.1) is 0 Å². The molecular formula is C26H25FN6O. The fourth-order valence-corrected chi connectivity index (χ4v) is 3.93. The van der Waals surface area contributed by atoms with Gasteiger partial charge in [-0.15, -0.1) is 0 Å². The molecule has 172 valence electrons. The maximum Gasteiger partial charge on any atom is 0.159 e. The third-order valence-corrected chi connectivity index (χ3v) is 5.73. The Kier molecular flexibility index (Phi) is 6.11. The Morgan fingerprint density at radius 2 is 1.41 bits per heavy atom. The molecule has 0 amide bonds. The summed E-state index contributed by atoms with van der Waals surface area (Å²) >= 11 is 0. The van der Waals surface area contributed by atoms with E-state index in [1.165, 1.54) is 18.5 Å². The number of halogens is 1. The molecule has 2 heterocycles. The fraction of sp³-hybridized carbons (Fsp3) is 0.154. The van der Waals surface area contributed by atoms with Gasteiger partial charge in [0, 0.05) is 37.6 Å². The normalized spacial score (nSPS) is 13.6. The van der Waals surface area contributed by atoms with Crippen LogP contribution in [0.25, 0.3) is 0 Å². The Morgan fingerprint density at radius 3 is 2.12 bits per heavy atom. The second-order valence-electron chi connectivity index (χ2n) is 7.97. The number of anilines is 5. The number of para-hydroxylation sites is 1. The second kappa shape index (κ2) is 9.66. The molecule has 3 N–H and O–H groups in total. The minimum absolute atomic E-state index is 0.227. The van der Waals surface area contributed by atoms with Crippen molar-refractivity contribution in [3.63, 3.8) is 0 Å². The van der Waals surface area contributed by atoms with Crippen molar-refractivity contribution in [1.82, 2.24) is 9.97 Å². The number of piperazine rings is 1. The lowest BCUT2D eigenvalue weighted by atomic mass is 10.2. The summed E-state index contributed by atoms with van der Waals surface area (Å²) in [4.78, 5) is 13.2. The van der Waals surface area contributed by atoms with Crippen LogP contribution in [0.2, 0.25) is 0 Å². The predicted octanol–water partition coefficient (Wildman–Crippen LogP) is 5.06. The Labute approximate surface area is 197 Å². The largest absolute Gasteiger partial charge is 0.457 e. The van der Waals surface area contributed by atoms with Crippen LogP contribution in [-0.2, 0) is 0 Å². The number of benzene rings is 3. The maximum absolute atomic E-state index is 13.2. The van der Waals surface area contributed by atoms with E-state index in [0.29, 0.717) is 17.3 Å². The van der Waals surface area contributed by atoms with E-state index in [1.54, 1.807) is 0 Å². The Morgan fingerprint density at radius 1 is 0.765 bits per heavy atom. The van der Waals surface area contributed by atoms with Crippen molar-refractivity contribution < 1.29 is 9.13 Å². The molecule has 1 aliphatic heterocycles. The number of nitrogens with two attached hydrogens (primary N) is 1. The third-order valence-electron chi connectivity index (χ3n) is 5.73. The Bertz CT molecular complexity index is 1230. The van der Waals surface area contributed by atoms with Gasteiger partial charge in [0.25, 0.3) is 0 Å². The molecule has 3 aromatic carbocycles. The van der Waals surface area contributed by atoms with Crippen molar-refractivity contribution in [2.45, 2.75) is 0 Å². The van der Waals surface area contributed by atoms with Crippen LogP contribution in [0, 0.1) is 5.82 Å². The molecule has 0 saturated carbocycles. The maximum atomic E-state index is 13.2. The highest BCUT2D eigenvalue weighted by Gasteiger charge is 2.21. The minimum Gasteiger partial charge on any atom is -0.457 e. The molecule has 1 saturated heterocycles. The van der Waals surface area contributed by atoms with Crippen molar-refractivity contribution in [3.05, 3.63) is 91.0 Å². The molecule has 5 rings (SSSR count). The minimum atomic E-state index is -0.227. The van der Waals surface area contributed by atoms with Gasteiger partial charge in [0.1, 0.15) is 29.3 Å². The molecule has 0 aliphatic carbocycles. The molecule has 0 bridgehead atoms. The summed E-state index contributed by atoms with van der Waals surface area (Å²) in [5.41, 5.74) is 8.81. The summed E-state index contributed by atoms with van der Waals surface area (Å²) in [6, 6.07) is 23.9. The topological polar surface area (TPSA) is 79.5 Å². The molecule has 1 fully saturated rings. The van der Waals surface area contributed by atoms with Crippen LogP contribution in [0.1, 0.15) is 0 Å². The van der Waals surface area contributed by atoms with Crippen LogP contribution in [0.5, 0.6) is 11.5 Å². The molecule has 8 heteroatoms. The summed E-state index contributed by atoms with van der Waals surface area (Å²) in [6.07, 6.45) is 1.52. The van der Waals surface area contributed by atoms with E-state index in [2.05, 4.69) is 25.1 Å². The van der Waals surface area contributed by atoms with Gasteiger partial charge in [0.2, 0.25) is 0 Å². The lowest BCUT2D eigenvalue weighted by Gasteiger charge is -2.37. The fourth-order valence-electron chi connectivity index (χ4n) is 3.93. The van der Waals surface area contributed by atoms with E-state index in [4.69, 9.17) is 10.5 Å². The summed E-state index contributed by atoms with van der Waals surface area (Å²) in [5, 5.41) is 3.28. The van der Waals surface area contributed by atoms with Gasteiger partial charge in [-0.05, 0) is 60.7 Å². The van der Waals surface area contributed by atoms with Crippen LogP contribution in [0.3, 0.4) is 0 Å². The van der Waals surface area contributed by atoms with E-state index in [-0.39, 0.29) is 5.82 Å². The number of aromatic nitrogens is 2. The highest BCUT2D eigenvalue weighted by atomic mass is 19.1. The summed E-state index contributed by atoms with van der Waals surface area (Å²) in [6.45, 7) is 3.09.